The molecule has 0 bridgehead atoms. The molecule has 4 N–H and O–H groups in total. The maximum atomic E-state index is 10.9. The molecule has 2 rings (SSSR count). The van der Waals surface area contributed by atoms with Gasteiger partial charge in [-0.3, -0.25) is 5.43 Å². The van der Waals surface area contributed by atoms with Gasteiger partial charge in [0.2, 0.25) is 0 Å². The van der Waals surface area contributed by atoms with Crippen LogP contribution in [0.4, 0.5) is 5.69 Å². The average Bonchev–Trinajstić information content (AvgIpc) is 2.57. The number of anilines is 1. The number of aromatic carboxylic acids is 1. The van der Waals surface area contributed by atoms with Gasteiger partial charge in [-0.05, 0) is 61.1 Å². The first-order valence-electron chi connectivity index (χ1n) is 7.39. The number of hydrazone groups is 1. The van der Waals surface area contributed by atoms with Gasteiger partial charge in [0.25, 0.3) is 0 Å². The Kier molecular flexibility index (Phi) is 6.30. The van der Waals surface area contributed by atoms with E-state index in [9.17, 15) is 9.90 Å². The molecule has 0 unspecified atom stereocenters. The summed E-state index contributed by atoms with van der Waals surface area (Å²) in [6, 6.07) is 11.2. The van der Waals surface area contributed by atoms with Crippen LogP contribution in [0.5, 0.6) is 11.5 Å². The number of hydrogen-bond acceptors (Lipinski definition) is 5. The number of carbonyl (C=O) groups is 1. The predicted octanol–water partition coefficient (Wildman–Crippen LogP) is 2.81. The van der Waals surface area contributed by atoms with Crippen LogP contribution in [0, 0.1) is 0 Å². The quantitative estimate of drug-likeness (QED) is 0.357. The summed E-state index contributed by atoms with van der Waals surface area (Å²) in [6.45, 7) is 2.30. The van der Waals surface area contributed by atoms with Crippen LogP contribution < -0.4 is 15.5 Å². The van der Waals surface area contributed by atoms with Crippen LogP contribution in [0.1, 0.15) is 22.8 Å². The molecule has 0 atom stereocenters. The van der Waals surface area contributed by atoms with Gasteiger partial charge in [-0.25, -0.2) is 4.79 Å². The van der Waals surface area contributed by atoms with Crippen molar-refractivity contribution in [3.63, 3.8) is 0 Å². The standard InChI is InChI=1S/C17H17N3O4S/c1-2-24-15-7-6-11(8-14(15)21)10-18-20-17(25)19-13-5-3-4-12(9-13)16(22)23/h3-10,21H,2H2,1H3,(H,22,23)(H2,19,20,25)/b18-10+. The number of thiocarbonyl (C=S) groups is 1. The number of benzene rings is 2. The molecule has 130 valence electrons. The first-order chi connectivity index (χ1) is 12.0. The zero-order chi connectivity index (χ0) is 18.2. The summed E-state index contributed by atoms with van der Waals surface area (Å²) in [5.41, 5.74) is 3.96. The maximum absolute atomic E-state index is 10.9. The molecule has 2 aromatic carbocycles. The van der Waals surface area contributed by atoms with Gasteiger partial charge in [0.1, 0.15) is 0 Å². The molecule has 0 spiro atoms. The molecule has 2 aromatic rings. The van der Waals surface area contributed by atoms with Gasteiger partial charge in [-0.2, -0.15) is 5.10 Å². The van der Waals surface area contributed by atoms with Crippen molar-refractivity contribution >= 4 is 35.2 Å². The topological polar surface area (TPSA) is 103 Å². The minimum atomic E-state index is -1.02. The summed E-state index contributed by atoms with van der Waals surface area (Å²) in [4.78, 5) is 10.9. The van der Waals surface area contributed by atoms with E-state index in [0.717, 1.165) is 0 Å². The average molecular weight is 359 g/mol. The number of nitrogens with zero attached hydrogens (tertiary/aromatic N) is 1. The smallest absolute Gasteiger partial charge is 0.335 e. The predicted molar refractivity (Wildman–Crippen MR) is 99.6 cm³/mol. The summed E-state index contributed by atoms with van der Waals surface area (Å²) in [5, 5.41) is 25.8. The molecule has 0 radical (unpaired) electrons. The summed E-state index contributed by atoms with van der Waals surface area (Å²) in [6.07, 6.45) is 1.48. The molecule has 0 aromatic heterocycles. The van der Waals surface area contributed by atoms with Gasteiger partial charge in [-0.15, -0.1) is 0 Å². The molecule has 0 aliphatic heterocycles. The zero-order valence-corrected chi connectivity index (χ0v) is 14.2. The lowest BCUT2D eigenvalue weighted by Gasteiger charge is -2.08. The van der Waals surface area contributed by atoms with E-state index in [2.05, 4.69) is 15.8 Å². The number of ether oxygens (including phenoxy) is 1. The van der Waals surface area contributed by atoms with Crippen LogP contribution in [-0.4, -0.2) is 34.1 Å². The van der Waals surface area contributed by atoms with Crippen molar-refractivity contribution in [1.82, 2.24) is 5.43 Å². The number of nitrogens with one attached hydrogen (secondary N) is 2. The molecule has 0 heterocycles. The van der Waals surface area contributed by atoms with Crippen LogP contribution in [-0.2, 0) is 0 Å². The van der Waals surface area contributed by atoms with E-state index in [0.29, 0.717) is 23.6 Å². The van der Waals surface area contributed by atoms with Crippen molar-refractivity contribution in [2.45, 2.75) is 6.92 Å². The zero-order valence-electron chi connectivity index (χ0n) is 13.4. The van der Waals surface area contributed by atoms with E-state index in [1.54, 1.807) is 24.3 Å². The van der Waals surface area contributed by atoms with E-state index < -0.39 is 5.97 Å². The van der Waals surface area contributed by atoms with E-state index in [1.807, 2.05) is 6.92 Å². The second-order valence-electron chi connectivity index (χ2n) is 4.87. The number of phenols is 1. The van der Waals surface area contributed by atoms with Crippen molar-refractivity contribution in [1.29, 1.82) is 0 Å². The lowest BCUT2D eigenvalue weighted by atomic mass is 10.2. The molecule has 7 nitrogen and oxygen atoms in total. The van der Waals surface area contributed by atoms with Gasteiger partial charge in [0, 0.05) is 5.69 Å². The molecule has 0 aliphatic rings. The Bertz CT molecular complexity index is 808. The SMILES string of the molecule is CCOc1ccc(/C=N/NC(=S)Nc2cccc(C(=O)O)c2)cc1O. The lowest BCUT2D eigenvalue weighted by Crippen LogP contribution is -2.24. The second kappa shape index (κ2) is 8.65. The minimum absolute atomic E-state index is 0.0250. The fourth-order valence-electron chi connectivity index (χ4n) is 1.95. The Morgan fingerprint density at radius 3 is 2.80 bits per heavy atom. The molecule has 0 aliphatic carbocycles. The van der Waals surface area contributed by atoms with Crippen LogP contribution in [0.25, 0.3) is 0 Å². The molecule has 0 amide bonds. The van der Waals surface area contributed by atoms with Crippen LogP contribution >= 0.6 is 12.2 Å². The fourth-order valence-corrected chi connectivity index (χ4v) is 2.12. The third kappa shape index (κ3) is 5.47. The van der Waals surface area contributed by atoms with E-state index in [4.69, 9.17) is 22.1 Å². The van der Waals surface area contributed by atoms with Gasteiger partial charge in [0.15, 0.2) is 16.6 Å². The number of carboxylic acid groups (broad SMARTS) is 1. The van der Waals surface area contributed by atoms with E-state index in [-0.39, 0.29) is 16.4 Å². The number of rotatable bonds is 6. The molecular formula is C17H17N3O4S. The van der Waals surface area contributed by atoms with Crippen molar-refractivity contribution < 1.29 is 19.7 Å². The summed E-state index contributed by atoms with van der Waals surface area (Å²) < 4.78 is 5.24. The van der Waals surface area contributed by atoms with Crippen molar-refractivity contribution in [3.8, 4) is 11.5 Å². The number of phenolic OH excluding ortho intramolecular Hbond substituents is 1. The summed E-state index contributed by atoms with van der Waals surface area (Å²) in [5.74, 6) is -0.587. The Labute approximate surface area is 150 Å². The van der Waals surface area contributed by atoms with Gasteiger partial charge in [0.05, 0.1) is 18.4 Å². The number of hydrogen-bond donors (Lipinski definition) is 4. The lowest BCUT2D eigenvalue weighted by molar-refractivity contribution is 0.0697. The molecule has 25 heavy (non-hydrogen) atoms. The largest absolute Gasteiger partial charge is 0.504 e. The normalized spacial score (nSPS) is 10.4. The molecule has 0 saturated carbocycles. The first-order valence-corrected chi connectivity index (χ1v) is 7.79. The number of aromatic hydroxyl groups is 1. The maximum Gasteiger partial charge on any atom is 0.335 e. The Hall–Kier alpha value is -3.13. The highest BCUT2D eigenvalue weighted by Crippen LogP contribution is 2.26. The van der Waals surface area contributed by atoms with Crippen LogP contribution in [0.2, 0.25) is 0 Å². The highest BCUT2D eigenvalue weighted by Gasteiger charge is 2.04. The molecular weight excluding hydrogens is 342 g/mol. The number of carboxylic acids is 1. The van der Waals surface area contributed by atoms with Crippen LogP contribution in [0.3, 0.4) is 0 Å². The summed E-state index contributed by atoms with van der Waals surface area (Å²) in [7, 11) is 0. The Morgan fingerprint density at radius 2 is 2.12 bits per heavy atom. The van der Waals surface area contributed by atoms with Crippen molar-refractivity contribution in [2.24, 2.45) is 5.10 Å². The summed E-state index contributed by atoms with van der Waals surface area (Å²) >= 11 is 5.09. The van der Waals surface area contributed by atoms with Gasteiger partial charge in [-0.1, -0.05) is 6.07 Å². The first kappa shape index (κ1) is 18.2. The second-order valence-corrected chi connectivity index (χ2v) is 5.28. The van der Waals surface area contributed by atoms with Crippen LogP contribution in [0.15, 0.2) is 47.6 Å². The Balaban J connectivity index is 1.93. The fraction of sp³-hybridized carbons (Fsp3) is 0.118. The van der Waals surface area contributed by atoms with E-state index in [1.165, 1.54) is 24.4 Å². The molecule has 8 heteroatoms. The minimum Gasteiger partial charge on any atom is -0.504 e. The van der Waals surface area contributed by atoms with Gasteiger partial charge >= 0.3 is 5.97 Å². The van der Waals surface area contributed by atoms with Crippen molar-refractivity contribution in [2.75, 3.05) is 11.9 Å². The third-order valence-corrected chi connectivity index (χ3v) is 3.22. The molecule has 0 saturated heterocycles. The third-order valence-electron chi connectivity index (χ3n) is 3.03. The Morgan fingerprint density at radius 1 is 1.32 bits per heavy atom. The van der Waals surface area contributed by atoms with E-state index >= 15 is 0 Å². The van der Waals surface area contributed by atoms with Gasteiger partial charge < -0.3 is 20.3 Å². The highest BCUT2D eigenvalue weighted by molar-refractivity contribution is 7.80. The highest BCUT2D eigenvalue weighted by atomic mass is 32.1. The monoisotopic (exact) mass is 359 g/mol. The molecule has 0 fully saturated rings. The van der Waals surface area contributed by atoms with Crippen molar-refractivity contribution in [3.05, 3.63) is 53.6 Å².